The third-order valence-corrected chi connectivity index (χ3v) is 5.23. The lowest BCUT2D eigenvalue weighted by molar-refractivity contribution is -0.139. The van der Waals surface area contributed by atoms with E-state index in [9.17, 15) is 14.4 Å². The molecule has 1 aliphatic heterocycles. The first-order chi connectivity index (χ1) is 14.4. The molecule has 4 rings (SSSR count). The van der Waals surface area contributed by atoms with Crippen molar-refractivity contribution in [2.75, 3.05) is 13.7 Å². The molecule has 0 spiro atoms. The van der Waals surface area contributed by atoms with E-state index in [1.165, 1.54) is 7.11 Å². The molecule has 7 heteroatoms. The van der Waals surface area contributed by atoms with Gasteiger partial charge in [0.25, 0.3) is 0 Å². The van der Waals surface area contributed by atoms with Gasteiger partial charge < -0.3 is 19.9 Å². The number of carboxylic acid groups (broad SMARTS) is 1. The highest BCUT2D eigenvalue weighted by atomic mass is 16.5. The summed E-state index contributed by atoms with van der Waals surface area (Å²) < 4.78 is 10.2. The van der Waals surface area contributed by atoms with Gasteiger partial charge in [0.15, 0.2) is 12.4 Å². The van der Waals surface area contributed by atoms with Crippen LogP contribution in [0.2, 0.25) is 0 Å². The second-order valence-electron chi connectivity index (χ2n) is 7.00. The van der Waals surface area contributed by atoms with Gasteiger partial charge in [-0.05, 0) is 24.6 Å². The number of aliphatic carboxylic acids is 1. The van der Waals surface area contributed by atoms with Gasteiger partial charge >= 0.3 is 11.9 Å². The van der Waals surface area contributed by atoms with Crippen molar-refractivity contribution in [3.05, 3.63) is 82.1 Å². The predicted molar refractivity (Wildman–Crippen MR) is 108 cm³/mol. The van der Waals surface area contributed by atoms with Crippen LogP contribution < -0.4 is 10.1 Å². The van der Waals surface area contributed by atoms with Crippen LogP contribution in [0.4, 0.5) is 0 Å². The number of allylic oxidation sites excluding steroid dienone is 2. The zero-order chi connectivity index (χ0) is 21.4. The van der Waals surface area contributed by atoms with Crippen molar-refractivity contribution in [2.24, 2.45) is 0 Å². The van der Waals surface area contributed by atoms with Crippen LogP contribution in [-0.4, -0.2) is 36.5 Å². The molecule has 2 aromatic carbocycles. The number of carboxylic acids is 1. The van der Waals surface area contributed by atoms with Crippen LogP contribution in [0.1, 0.15) is 34.3 Å². The van der Waals surface area contributed by atoms with Crippen molar-refractivity contribution in [3.8, 4) is 5.75 Å². The molecule has 0 bridgehead atoms. The van der Waals surface area contributed by atoms with Gasteiger partial charge in [0.2, 0.25) is 0 Å². The molecular formula is C23H19NO6. The van der Waals surface area contributed by atoms with Crippen LogP contribution >= 0.6 is 0 Å². The molecule has 30 heavy (non-hydrogen) atoms. The fraction of sp³-hybridized carbons (Fsp3) is 0.174. The lowest BCUT2D eigenvalue weighted by atomic mass is 9.80. The molecule has 1 heterocycles. The van der Waals surface area contributed by atoms with Gasteiger partial charge in [-0.1, -0.05) is 36.4 Å². The van der Waals surface area contributed by atoms with E-state index in [0.29, 0.717) is 39.4 Å². The second-order valence-corrected chi connectivity index (χ2v) is 7.00. The summed E-state index contributed by atoms with van der Waals surface area (Å²) in [6.45, 7) is 1.32. The Labute approximate surface area is 172 Å². The maximum absolute atomic E-state index is 13.3. The molecule has 0 fully saturated rings. The van der Waals surface area contributed by atoms with Gasteiger partial charge in [-0.2, -0.15) is 0 Å². The van der Waals surface area contributed by atoms with Gasteiger partial charge in [-0.3, -0.25) is 4.79 Å². The lowest BCUT2D eigenvalue weighted by Gasteiger charge is -2.29. The smallest absolute Gasteiger partial charge is 0.341 e. The standard InChI is InChI=1S/C23H19NO6/c1-12-18(23(28)29-2)19(13-7-9-14(10-8-13)30-11-17(25)26)20-21(24-12)15-5-3-4-6-16(15)22(20)27/h3-10,19,24H,11H2,1-2H3,(H,25,26)/t19-/m0/s1. The third kappa shape index (κ3) is 3.14. The Kier molecular flexibility index (Phi) is 4.87. The monoisotopic (exact) mass is 405 g/mol. The molecule has 0 unspecified atom stereocenters. The van der Waals surface area contributed by atoms with Crippen molar-refractivity contribution in [2.45, 2.75) is 12.8 Å². The third-order valence-electron chi connectivity index (χ3n) is 5.23. The Bertz CT molecular complexity index is 1130. The lowest BCUT2D eigenvalue weighted by Crippen LogP contribution is -2.29. The van der Waals surface area contributed by atoms with E-state index < -0.39 is 24.5 Å². The Morgan fingerprint density at radius 1 is 1.07 bits per heavy atom. The summed E-state index contributed by atoms with van der Waals surface area (Å²) >= 11 is 0. The SMILES string of the molecule is COC(=O)C1=C(C)NC2=C(C(=O)c3ccccc32)[C@H]1c1ccc(OCC(=O)O)cc1. The zero-order valence-electron chi connectivity index (χ0n) is 16.4. The minimum Gasteiger partial charge on any atom is -0.482 e. The highest BCUT2D eigenvalue weighted by Gasteiger charge is 2.42. The average molecular weight is 405 g/mol. The van der Waals surface area contributed by atoms with Gasteiger partial charge in [0, 0.05) is 28.3 Å². The molecule has 0 saturated heterocycles. The van der Waals surface area contributed by atoms with E-state index in [1.807, 2.05) is 12.1 Å². The van der Waals surface area contributed by atoms with Crippen LogP contribution in [0.25, 0.3) is 5.70 Å². The summed E-state index contributed by atoms with van der Waals surface area (Å²) in [5.41, 5.74) is 4.23. The number of ketones is 1. The van der Waals surface area contributed by atoms with Crippen molar-refractivity contribution < 1.29 is 29.0 Å². The molecule has 0 saturated carbocycles. The van der Waals surface area contributed by atoms with E-state index in [2.05, 4.69) is 5.32 Å². The number of nitrogens with one attached hydrogen (secondary N) is 1. The summed E-state index contributed by atoms with van der Waals surface area (Å²) in [7, 11) is 1.30. The first-order valence-electron chi connectivity index (χ1n) is 9.31. The Hall–Kier alpha value is -3.87. The topological polar surface area (TPSA) is 102 Å². The summed E-state index contributed by atoms with van der Waals surface area (Å²) in [6, 6.07) is 14.0. The highest BCUT2D eigenvalue weighted by Crippen LogP contribution is 2.46. The largest absolute Gasteiger partial charge is 0.482 e. The number of ether oxygens (including phenoxy) is 2. The molecule has 1 atom stereocenters. The normalized spacial score (nSPS) is 17.3. The van der Waals surface area contributed by atoms with Gasteiger partial charge in [0.1, 0.15) is 5.75 Å². The number of hydrogen-bond donors (Lipinski definition) is 2. The van der Waals surface area contributed by atoms with Crippen LogP contribution in [0, 0.1) is 0 Å². The maximum Gasteiger partial charge on any atom is 0.341 e. The quantitative estimate of drug-likeness (QED) is 0.738. The number of carbonyl (C=O) groups excluding carboxylic acids is 2. The predicted octanol–water partition coefficient (Wildman–Crippen LogP) is 2.89. The van der Waals surface area contributed by atoms with E-state index >= 15 is 0 Å². The number of fused-ring (bicyclic) bond motifs is 2. The van der Waals surface area contributed by atoms with Crippen LogP contribution in [-0.2, 0) is 14.3 Å². The number of benzene rings is 2. The molecule has 152 valence electrons. The Morgan fingerprint density at radius 3 is 2.37 bits per heavy atom. The Balaban J connectivity index is 1.81. The summed E-state index contributed by atoms with van der Waals surface area (Å²) in [4.78, 5) is 36.6. The number of rotatable bonds is 5. The maximum atomic E-state index is 13.3. The summed E-state index contributed by atoms with van der Waals surface area (Å²) in [5.74, 6) is -1.98. The molecule has 0 aromatic heterocycles. The number of Topliss-reactive ketones (excluding diaryl/α,β-unsaturated/α-hetero) is 1. The molecule has 1 aliphatic carbocycles. The first-order valence-corrected chi connectivity index (χ1v) is 9.31. The van der Waals surface area contributed by atoms with Gasteiger partial charge in [-0.25, -0.2) is 9.59 Å². The minimum atomic E-state index is -1.08. The van der Waals surface area contributed by atoms with Crippen LogP contribution in [0.5, 0.6) is 5.75 Å². The highest BCUT2D eigenvalue weighted by molar-refractivity contribution is 6.23. The average Bonchev–Trinajstić information content (AvgIpc) is 3.03. The van der Waals surface area contributed by atoms with Crippen LogP contribution in [0.15, 0.2) is 65.4 Å². The minimum absolute atomic E-state index is 0.141. The summed E-state index contributed by atoms with van der Waals surface area (Å²) in [6.07, 6.45) is 0. The molecule has 7 nitrogen and oxygen atoms in total. The van der Waals surface area contributed by atoms with E-state index in [1.54, 1.807) is 43.3 Å². The molecule has 2 N–H and O–H groups in total. The Morgan fingerprint density at radius 2 is 1.73 bits per heavy atom. The number of esters is 1. The van der Waals surface area contributed by atoms with E-state index in [-0.39, 0.29) is 5.78 Å². The van der Waals surface area contributed by atoms with Gasteiger partial charge in [0.05, 0.1) is 18.4 Å². The molecule has 2 aliphatic rings. The second kappa shape index (κ2) is 7.51. The fourth-order valence-corrected chi connectivity index (χ4v) is 3.94. The van der Waals surface area contributed by atoms with Gasteiger partial charge in [-0.15, -0.1) is 0 Å². The molecule has 0 radical (unpaired) electrons. The molecule has 0 amide bonds. The van der Waals surface area contributed by atoms with Crippen LogP contribution in [0.3, 0.4) is 0 Å². The van der Waals surface area contributed by atoms with Crippen molar-refractivity contribution in [3.63, 3.8) is 0 Å². The fourth-order valence-electron chi connectivity index (χ4n) is 3.94. The van der Waals surface area contributed by atoms with E-state index in [0.717, 1.165) is 5.56 Å². The first kappa shape index (κ1) is 19.4. The molecular weight excluding hydrogens is 386 g/mol. The number of dihydropyridines is 1. The number of carbonyl (C=O) groups is 3. The van der Waals surface area contributed by atoms with E-state index in [4.69, 9.17) is 14.6 Å². The zero-order valence-corrected chi connectivity index (χ0v) is 16.4. The van der Waals surface area contributed by atoms with Crippen molar-refractivity contribution in [1.82, 2.24) is 5.32 Å². The number of hydrogen-bond acceptors (Lipinski definition) is 6. The number of methoxy groups -OCH3 is 1. The molecule has 2 aromatic rings. The van der Waals surface area contributed by atoms with Crippen molar-refractivity contribution in [1.29, 1.82) is 0 Å². The summed E-state index contributed by atoms with van der Waals surface area (Å²) in [5, 5.41) is 12.0. The van der Waals surface area contributed by atoms with Crippen molar-refractivity contribution >= 4 is 23.4 Å².